The Morgan fingerprint density at radius 1 is 1.32 bits per heavy atom. The average Bonchev–Trinajstić information content (AvgIpc) is 2.47. The van der Waals surface area contributed by atoms with Gasteiger partial charge in [0.2, 0.25) is 5.91 Å². The van der Waals surface area contributed by atoms with Crippen molar-refractivity contribution in [3.8, 4) is 0 Å². The second kappa shape index (κ2) is 7.59. The maximum Gasteiger partial charge on any atom is 0.289 e. The van der Waals surface area contributed by atoms with Gasteiger partial charge in [0.25, 0.3) is 5.69 Å². The summed E-state index contributed by atoms with van der Waals surface area (Å²) in [7, 11) is -4.07. The topological polar surface area (TPSA) is 97.6 Å². The highest BCUT2D eigenvalue weighted by atomic mass is 32.2. The van der Waals surface area contributed by atoms with Gasteiger partial charge in [0.15, 0.2) is 9.84 Å². The van der Waals surface area contributed by atoms with Crippen molar-refractivity contribution in [3.05, 3.63) is 28.3 Å². The molecule has 1 amide bonds. The van der Waals surface area contributed by atoms with E-state index in [1.165, 1.54) is 34.9 Å². The lowest BCUT2D eigenvalue weighted by atomic mass is 10.3. The molecule has 22 heavy (non-hydrogen) atoms. The molecule has 122 valence electrons. The summed E-state index contributed by atoms with van der Waals surface area (Å²) >= 11 is 1.27. The fraction of sp³-hybridized carbons (Fsp3) is 0.462. The number of nitro benzene ring substituents is 1. The Kier molecular flexibility index (Phi) is 6.36. The van der Waals surface area contributed by atoms with E-state index in [4.69, 9.17) is 0 Å². The molecule has 1 rings (SSSR count). The molecule has 0 N–H and O–H groups in total. The molecule has 1 aromatic carbocycles. The second-order valence-corrected chi connectivity index (χ2v) is 7.25. The molecular weight excluding hydrogens is 328 g/mol. The van der Waals surface area contributed by atoms with Gasteiger partial charge in [-0.2, -0.15) is 0 Å². The van der Waals surface area contributed by atoms with Crippen molar-refractivity contribution < 1.29 is 18.1 Å². The maximum absolute atomic E-state index is 12.3. The summed E-state index contributed by atoms with van der Waals surface area (Å²) in [6.45, 7) is 4.25. The van der Waals surface area contributed by atoms with E-state index in [2.05, 4.69) is 0 Å². The Morgan fingerprint density at radius 3 is 2.36 bits per heavy atom. The molecular formula is C13H18N2O5S2. The minimum absolute atomic E-state index is 0.387. The molecule has 0 aliphatic carbocycles. The Balaban J connectivity index is 3.23. The number of thioether (sulfide) groups is 1. The first kappa shape index (κ1) is 18.4. The van der Waals surface area contributed by atoms with Gasteiger partial charge in [0.1, 0.15) is 10.6 Å². The minimum Gasteiger partial charge on any atom is -0.342 e. The Bertz CT molecular complexity index is 669. The average molecular weight is 346 g/mol. The SMILES string of the molecule is CCN(CC)C(=O)CS(=O)(=O)c1ccc(SC)cc1[N+](=O)[O-]. The predicted octanol–water partition coefficient (Wildman–Crippen LogP) is 1.96. The van der Waals surface area contributed by atoms with Crippen molar-refractivity contribution in [2.24, 2.45) is 0 Å². The highest BCUT2D eigenvalue weighted by molar-refractivity contribution is 7.98. The van der Waals surface area contributed by atoms with Crippen LogP contribution in [0.15, 0.2) is 28.0 Å². The molecule has 0 saturated carbocycles. The monoisotopic (exact) mass is 346 g/mol. The number of sulfone groups is 1. The van der Waals surface area contributed by atoms with E-state index < -0.39 is 37.0 Å². The first-order valence-electron chi connectivity index (χ1n) is 6.59. The fourth-order valence-corrected chi connectivity index (χ4v) is 3.76. The fourth-order valence-electron chi connectivity index (χ4n) is 1.94. The van der Waals surface area contributed by atoms with Crippen LogP contribution in [0.4, 0.5) is 5.69 Å². The van der Waals surface area contributed by atoms with E-state index in [1.54, 1.807) is 20.1 Å². The third kappa shape index (κ3) is 4.20. The van der Waals surface area contributed by atoms with Crippen molar-refractivity contribution in [1.82, 2.24) is 4.90 Å². The molecule has 0 fully saturated rings. The second-order valence-electron chi connectivity index (χ2n) is 4.42. The first-order valence-corrected chi connectivity index (χ1v) is 9.47. The normalized spacial score (nSPS) is 11.2. The van der Waals surface area contributed by atoms with E-state index >= 15 is 0 Å². The lowest BCUT2D eigenvalue weighted by molar-refractivity contribution is -0.388. The molecule has 0 spiro atoms. The molecule has 0 unspecified atom stereocenters. The van der Waals surface area contributed by atoms with Crippen LogP contribution in [-0.2, 0) is 14.6 Å². The summed E-state index contributed by atoms with van der Waals surface area (Å²) in [5.74, 6) is -1.33. The van der Waals surface area contributed by atoms with Crippen LogP contribution >= 0.6 is 11.8 Å². The third-order valence-electron chi connectivity index (χ3n) is 3.13. The lowest BCUT2D eigenvalue weighted by Gasteiger charge is -2.18. The zero-order chi connectivity index (χ0) is 16.9. The number of rotatable bonds is 7. The van der Waals surface area contributed by atoms with Gasteiger partial charge >= 0.3 is 0 Å². The quantitative estimate of drug-likeness (QED) is 0.425. The smallest absolute Gasteiger partial charge is 0.289 e. The number of benzene rings is 1. The number of hydrogen-bond acceptors (Lipinski definition) is 6. The molecule has 0 bridgehead atoms. The zero-order valence-corrected chi connectivity index (χ0v) is 14.2. The van der Waals surface area contributed by atoms with Crippen LogP contribution in [0, 0.1) is 10.1 Å². The minimum atomic E-state index is -4.07. The van der Waals surface area contributed by atoms with E-state index in [9.17, 15) is 23.3 Å². The number of carbonyl (C=O) groups excluding carboxylic acids is 1. The summed E-state index contributed by atoms with van der Waals surface area (Å²) in [6, 6.07) is 3.89. The highest BCUT2D eigenvalue weighted by Crippen LogP contribution is 2.29. The van der Waals surface area contributed by atoms with E-state index in [-0.39, 0.29) is 0 Å². The summed E-state index contributed by atoms with van der Waals surface area (Å²) in [4.78, 5) is 23.9. The molecule has 0 heterocycles. The summed E-state index contributed by atoms with van der Waals surface area (Å²) in [5, 5.41) is 11.1. The van der Waals surface area contributed by atoms with Crippen LogP contribution in [0.1, 0.15) is 13.8 Å². The number of amides is 1. The van der Waals surface area contributed by atoms with Gasteiger partial charge in [-0.15, -0.1) is 11.8 Å². The van der Waals surface area contributed by atoms with Gasteiger partial charge in [-0.05, 0) is 32.2 Å². The molecule has 0 radical (unpaired) electrons. The van der Waals surface area contributed by atoms with Crippen LogP contribution in [0.25, 0.3) is 0 Å². The summed E-state index contributed by atoms with van der Waals surface area (Å²) in [6.07, 6.45) is 1.73. The molecule has 0 aliphatic heterocycles. The number of carbonyl (C=O) groups is 1. The van der Waals surface area contributed by atoms with Crippen molar-refractivity contribution in [1.29, 1.82) is 0 Å². The van der Waals surface area contributed by atoms with E-state index in [0.717, 1.165) is 0 Å². The Morgan fingerprint density at radius 2 is 1.91 bits per heavy atom. The maximum atomic E-state index is 12.3. The molecule has 1 aromatic rings. The van der Waals surface area contributed by atoms with Crippen LogP contribution in [0.5, 0.6) is 0 Å². The van der Waals surface area contributed by atoms with Crippen LogP contribution < -0.4 is 0 Å². The number of hydrogen-bond donors (Lipinski definition) is 0. The first-order chi connectivity index (χ1) is 10.3. The zero-order valence-electron chi connectivity index (χ0n) is 12.6. The van der Waals surface area contributed by atoms with Crippen LogP contribution in [0.3, 0.4) is 0 Å². The third-order valence-corrected chi connectivity index (χ3v) is 5.50. The van der Waals surface area contributed by atoms with Gasteiger partial charge in [0, 0.05) is 24.1 Å². The highest BCUT2D eigenvalue weighted by Gasteiger charge is 2.29. The Hall–Kier alpha value is -1.61. The summed E-state index contributed by atoms with van der Waals surface area (Å²) in [5.41, 5.74) is -0.501. The van der Waals surface area contributed by atoms with Gasteiger partial charge < -0.3 is 4.90 Å². The van der Waals surface area contributed by atoms with Crippen molar-refractivity contribution in [2.75, 3.05) is 25.1 Å². The number of nitro groups is 1. The van der Waals surface area contributed by atoms with Crippen molar-refractivity contribution in [3.63, 3.8) is 0 Å². The van der Waals surface area contributed by atoms with Gasteiger partial charge in [-0.3, -0.25) is 14.9 Å². The van der Waals surface area contributed by atoms with Gasteiger partial charge in [0.05, 0.1) is 4.92 Å². The lowest BCUT2D eigenvalue weighted by Crippen LogP contribution is -2.35. The molecule has 0 saturated heterocycles. The van der Waals surface area contributed by atoms with Gasteiger partial charge in [-0.1, -0.05) is 0 Å². The van der Waals surface area contributed by atoms with E-state index in [0.29, 0.717) is 18.0 Å². The Labute approximate surface area is 133 Å². The standard InChI is InChI=1S/C13H18N2O5S2/c1-4-14(5-2)13(16)9-22(19,20)12-7-6-10(21-3)8-11(12)15(17)18/h6-8H,4-5,9H2,1-3H3. The van der Waals surface area contributed by atoms with Crippen molar-refractivity contribution >= 4 is 33.2 Å². The summed E-state index contributed by atoms with van der Waals surface area (Å²) < 4.78 is 24.7. The predicted molar refractivity (Wildman–Crippen MR) is 84.9 cm³/mol. The van der Waals surface area contributed by atoms with Gasteiger partial charge in [-0.25, -0.2) is 8.42 Å². The molecule has 0 aromatic heterocycles. The molecule has 0 aliphatic rings. The largest absolute Gasteiger partial charge is 0.342 e. The van der Waals surface area contributed by atoms with Crippen LogP contribution in [0.2, 0.25) is 0 Å². The molecule has 0 atom stereocenters. The molecule has 7 nitrogen and oxygen atoms in total. The number of nitrogens with zero attached hydrogens (tertiary/aromatic N) is 2. The van der Waals surface area contributed by atoms with Crippen LogP contribution in [-0.4, -0.2) is 49.2 Å². The van der Waals surface area contributed by atoms with E-state index in [1.807, 2.05) is 0 Å². The molecule has 9 heteroatoms. The van der Waals surface area contributed by atoms with Crippen molar-refractivity contribution in [2.45, 2.75) is 23.6 Å².